The Morgan fingerprint density at radius 3 is 1.94 bits per heavy atom. The summed E-state index contributed by atoms with van der Waals surface area (Å²) >= 11 is 1.74. The van der Waals surface area contributed by atoms with Crippen molar-refractivity contribution in [3.63, 3.8) is 0 Å². The molecule has 0 fully saturated rings. The fourth-order valence-electron chi connectivity index (χ4n) is 1.58. The van der Waals surface area contributed by atoms with Crippen molar-refractivity contribution in [2.45, 2.75) is 25.9 Å². The van der Waals surface area contributed by atoms with Crippen LogP contribution in [0.15, 0.2) is 48.6 Å². The summed E-state index contributed by atoms with van der Waals surface area (Å²) in [6, 6.07) is 8.61. The van der Waals surface area contributed by atoms with Crippen LogP contribution in [0.1, 0.15) is 12.0 Å². The Labute approximate surface area is 139 Å². The molecule has 0 amide bonds. The Morgan fingerprint density at radius 2 is 1.50 bits per heavy atom. The molecule has 2 rings (SSSR count). The van der Waals surface area contributed by atoms with Gasteiger partial charge in [-0.05, 0) is 12.3 Å². The monoisotopic (exact) mass is 375 g/mol. The molecule has 1 aromatic carbocycles. The van der Waals surface area contributed by atoms with Crippen LogP contribution in [0, 0.1) is 5.92 Å². The van der Waals surface area contributed by atoms with Gasteiger partial charge in [-0.1, -0.05) is 30.7 Å². The molecule has 0 saturated heterocycles. The molecule has 0 N–H and O–H groups in total. The van der Waals surface area contributed by atoms with E-state index in [4.69, 9.17) is 0 Å². The molecule has 98 valence electrons. The van der Waals surface area contributed by atoms with E-state index in [1.54, 1.807) is 23.3 Å². The summed E-state index contributed by atoms with van der Waals surface area (Å²) in [4.78, 5) is 0. The molecule has 0 radical (unpaired) electrons. The standard InChI is InChI=1S/C12H13.C2H6Si.2ClH.Zr/c1-2-6-11(5-1)9-10-12-7-3-4-8-12;1-3-2;;;/h1-8,11H,9-10H2;1-2H3;2*1H;/q-1;;;;+2/p-2. The fourth-order valence-corrected chi connectivity index (χ4v) is 1.58. The van der Waals surface area contributed by atoms with Gasteiger partial charge in [-0.3, -0.25) is 0 Å². The molecule has 18 heavy (non-hydrogen) atoms. The van der Waals surface area contributed by atoms with Gasteiger partial charge in [0.1, 0.15) is 0 Å². The molecule has 0 nitrogen and oxygen atoms in total. The van der Waals surface area contributed by atoms with Crippen molar-refractivity contribution in [1.29, 1.82) is 0 Å². The Morgan fingerprint density at radius 1 is 1.06 bits per heavy atom. The largest absolute Gasteiger partial charge is 1.00 e. The minimum absolute atomic E-state index is 0. The minimum atomic E-state index is 0. The van der Waals surface area contributed by atoms with Crippen LogP contribution in [0.3, 0.4) is 0 Å². The van der Waals surface area contributed by atoms with E-state index in [9.17, 15) is 0 Å². The summed E-state index contributed by atoms with van der Waals surface area (Å²) in [5.41, 5.74) is 1.67. The molecule has 0 saturated carbocycles. The van der Waals surface area contributed by atoms with Crippen molar-refractivity contribution in [3.8, 4) is 0 Å². The van der Waals surface area contributed by atoms with Gasteiger partial charge in [0.2, 0.25) is 0 Å². The quantitative estimate of drug-likeness (QED) is 0.417. The Bertz CT molecular complexity index is 353. The Balaban J connectivity index is 0. The summed E-state index contributed by atoms with van der Waals surface area (Å²) in [6.45, 7) is 4.62. The van der Waals surface area contributed by atoms with E-state index >= 15 is 0 Å². The van der Waals surface area contributed by atoms with Crippen molar-refractivity contribution < 1.29 is 48.1 Å². The molecule has 0 spiro atoms. The third-order valence-electron chi connectivity index (χ3n) is 2.33. The maximum atomic E-state index is 2.31. The van der Waals surface area contributed by atoms with Crippen molar-refractivity contribution in [2.24, 2.45) is 5.92 Å². The molecule has 0 heterocycles. The van der Waals surface area contributed by atoms with Crippen LogP contribution in [0.4, 0.5) is 0 Å². The van der Waals surface area contributed by atoms with Crippen molar-refractivity contribution >= 4 is 5.43 Å². The normalized spacial score (nSPS) is 12.2. The van der Waals surface area contributed by atoms with Crippen LogP contribution >= 0.6 is 0 Å². The average molecular weight is 378 g/mol. The third-order valence-corrected chi connectivity index (χ3v) is 2.33. The first-order chi connectivity index (χ1) is 7.68. The topological polar surface area (TPSA) is 0 Å². The molecule has 4 heteroatoms. The van der Waals surface area contributed by atoms with Crippen LogP contribution in [0.5, 0.6) is 0 Å². The first kappa shape index (κ1) is 20.8. The first-order valence-electron chi connectivity index (χ1n) is 5.76. The average Bonchev–Trinajstić information content (AvgIpc) is 2.87. The molecular weight excluding hydrogens is 358 g/mol. The summed E-state index contributed by atoms with van der Waals surface area (Å²) in [7, 11) is 0. The van der Waals surface area contributed by atoms with Gasteiger partial charge >= 0.3 is 41.9 Å². The Kier molecular flexibility index (Phi) is 14.5. The number of allylic oxidation sites excluding steroid dienone is 4. The number of hydrogen-bond acceptors (Lipinski definition) is 0. The van der Waals surface area contributed by atoms with Crippen molar-refractivity contribution in [3.05, 3.63) is 54.1 Å². The van der Waals surface area contributed by atoms with Gasteiger partial charge in [0.25, 0.3) is 0 Å². The fraction of sp³-hybridized carbons (Fsp3) is 0.357. The predicted molar refractivity (Wildman–Crippen MR) is 69.6 cm³/mol. The van der Waals surface area contributed by atoms with Gasteiger partial charge < -0.3 is 24.8 Å². The molecule has 0 aromatic heterocycles. The van der Waals surface area contributed by atoms with Gasteiger partial charge in [0.05, 0.1) is 0 Å². The second kappa shape index (κ2) is 12.5. The van der Waals surface area contributed by atoms with Gasteiger partial charge in [-0.15, -0.1) is 0 Å². The van der Waals surface area contributed by atoms with Crippen molar-refractivity contribution in [1.82, 2.24) is 0 Å². The molecule has 0 aliphatic heterocycles. The molecule has 0 unspecified atom stereocenters. The first-order valence-corrected chi connectivity index (χ1v) is 11.9. The van der Waals surface area contributed by atoms with Gasteiger partial charge in [-0.2, -0.15) is 17.7 Å². The van der Waals surface area contributed by atoms with Crippen molar-refractivity contribution in [2.75, 3.05) is 0 Å². The number of aryl methyl sites for hydroxylation is 1. The van der Waals surface area contributed by atoms with E-state index in [0.29, 0.717) is 5.92 Å². The minimum Gasteiger partial charge on any atom is -1.00 e. The van der Waals surface area contributed by atoms with E-state index in [-0.39, 0.29) is 30.2 Å². The summed E-state index contributed by atoms with van der Waals surface area (Å²) in [5.74, 6) is 0.680. The van der Waals surface area contributed by atoms with E-state index in [1.165, 1.54) is 18.4 Å². The van der Waals surface area contributed by atoms with Gasteiger partial charge in [0, 0.05) is 0 Å². The van der Waals surface area contributed by atoms with E-state index in [1.807, 2.05) is 0 Å². The molecule has 1 aliphatic carbocycles. The zero-order chi connectivity index (χ0) is 11.8. The van der Waals surface area contributed by atoms with Crippen LogP contribution in [0.25, 0.3) is 0 Å². The van der Waals surface area contributed by atoms with E-state index in [2.05, 4.69) is 61.7 Å². The molecule has 1 aliphatic rings. The molecule has 1 aromatic rings. The zero-order valence-electron chi connectivity index (χ0n) is 10.9. The number of halogens is 2. The Hall–Kier alpha value is 0.510. The van der Waals surface area contributed by atoms with Crippen LogP contribution in [-0.2, 0) is 29.8 Å². The summed E-state index contributed by atoms with van der Waals surface area (Å²) in [5, 5.41) is 0. The summed E-state index contributed by atoms with van der Waals surface area (Å²) < 4.78 is 0. The van der Waals surface area contributed by atoms with Crippen LogP contribution < -0.4 is 24.8 Å². The van der Waals surface area contributed by atoms with Gasteiger partial charge in [0.15, 0.2) is 0 Å². The SMILES string of the molecule is C1=CC(CC[c-]2cccc2)C=C1.C[Si](C)=[Zr+2].[Cl-].[Cl-]. The second-order valence-corrected chi connectivity index (χ2v) is 13.6. The molecular formula is C14H19Cl2SiZr-. The van der Waals surface area contributed by atoms with E-state index in [0.717, 1.165) is 0 Å². The molecule has 0 atom stereocenters. The summed E-state index contributed by atoms with van der Waals surface area (Å²) in [6.07, 6.45) is 11.3. The van der Waals surface area contributed by atoms with Gasteiger partial charge in [-0.25, -0.2) is 12.1 Å². The maximum absolute atomic E-state index is 2.31. The number of hydrogen-bond donors (Lipinski definition) is 0. The second-order valence-electron chi connectivity index (χ2n) is 4.27. The number of rotatable bonds is 3. The zero-order valence-corrected chi connectivity index (χ0v) is 15.8. The third kappa shape index (κ3) is 10.4. The maximum Gasteiger partial charge on any atom is -1.00 e. The van der Waals surface area contributed by atoms with E-state index < -0.39 is 0 Å². The smallest absolute Gasteiger partial charge is 1.00 e. The van der Waals surface area contributed by atoms with Crippen LogP contribution in [0.2, 0.25) is 13.1 Å². The predicted octanol–water partition coefficient (Wildman–Crippen LogP) is -2.13. The molecule has 0 bridgehead atoms. The van der Waals surface area contributed by atoms with Crippen LogP contribution in [-0.4, -0.2) is 5.43 Å².